The van der Waals surface area contributed by atoms with Gasteiger partial charge < -0.3 is 5.32 Å². The van der Waals surface area contributed by atoms with Crippen LogP contribution in [0.15, 0.2) is 42.9 Å². The molecule has 0 spiro atoms. The number of pyridine rings is 1. The highest BCUT2D eigenvalue weighted by Crippen LogP contribution is 2.31. The van der Waals surface area contributed by atoms with Gasteiger partial charge in [-0.05, 0) is 25.1 Å². The van der Waals surface area contributed by atoms with E-state index in [2.05, 4.69) is 15.4 Å². The summed E-state index contributed by atoms with van der Waals surface area (Å²) in [5, 5.41) is 19.0. The zero-order valence-electron chi connectivity index (χ0n) is 11.4. The van der Waals surface area contributed by atoms with Crippen LogP contribution in [0.5, 0.6) is 0 Å². The molecule has 7 nitrogen and oxygen atoms in total. The number of nitro benzene ring substituents is 1. The molecule has 0 bridgehead atoms. The van der Waals surface area contributed by atoms with Gasteiger partial charge in [-0.3, -0.25) is 19.8 Å². The molecule has 1 N–H and O–H groups in total. The Morgan fingerprint density at radius 3 is 2.95 bits per heavy atom. The lowest BCUT2D eigenvalue weighted by atomic mass is 10.1. The molecule has 3 rings (SSSR count). The molecule has 21 heavy (non-hydrogen) atoms. The predicted octanol–water partition coefficient (Wildman–Crippen LogP) is 3.10. The highest BCUT2D eigenvalue weighted by molar-refractivity contribution is 5.97. The van der Waals surface area contributed by atoms with Crippen molar-refractivity contribution in [2.75, 3.05) is 5.32 Å². The Balaban J connectivity index is 2.07. The second kappa shape index (κ2) is 5.20. The van der Waals surface area contributed by atoms with Crippen LogP contribution in [0, 0.1) is 10.1 Å². The molecule has 0 amide bonds. The molecule has 2 aromatic heterocycles. The van der Waals surface area contributed by atoms with Crippen molar-refractivity contribution in [3.8, 4) is 0 Å². The van der Waals surface area contributed by atoms with E-state index in [0.717, 1.165) is 12.2 Å². The molecule has 0 aliphatic rings. The van der Waals surface area contributed by atoms with Crippen LogP contribution < -0.4 is 5.32 Å². The van der Waals surface area contributed by atoms with Gasteiger partial charge in [-0.15, -0.1) is 0 Å². The lowest BCUT2D eigenvalue weighted by molar-refractivity contribution is -0.383. The number of nitrogens with zero attached hydrogens (tertiary/aromatic N) is 4. The van der Waals surface area contributed by atoms with E-state index in [0.29, 0.717) is 16.6 Å². The number of nitrogens with one attached hydrogen (secondary N) is 1. The van der Waals surface area contributed by atoms with E-state index in [1.165, 1.54) is 6.07 Å². The summed E-state index contributed by atoms with van der Waals surface area (Å²) >= 11 is 0. The van der Waals surface area contributed by atoms with Gasteiger partial charge in [0.25, 0.3) is 5.69 Å². The lowest BCUT2D eigenvalue weighted by Crippen LogP contribution is -1.96. The van der Waals surface area contributed by atoms with E-state index in [-0.39, 0.29) is 5.69 Å². The molecule has 0 aliphatic carbocycles. The minimum absolute atomic E-state index is 0.0490. The fourth-order valence-corrected chi connectivity index (χ4v) is 2.17. The smallest absolute Gasteiger partial charge is 0.278 e. The largest absolute Gasteiger partial charge is 0.351 e. The van der Waals surface area contributed by atoms with Crippen LogP contribution in [0.1, 0.15) is 6.92 Å². The topological polar surface area (TPSA) is 85.9 Å². The van der Waals surface area contributed by atoms with Crippen LogP contribution in [-0.2, 0) is 6.54 Å². The number of hydrogen-bond donors (Lipinski definition) is 1. The summed E-state index contributed by atoms with van der Waals surface area (Å²) in [4.78, 5) is 14.9. The third-order valence-corrected chi connectivity index (χ3v) is 3.18. The van der Waals surface area contributed by atoms with Gasteiger partial charge in [0, 0.05) is 25.0 Å². The van der Waals surface area contributed by atoms with E-state index in [4.69, 9.17) is 0 Å². The third-order valence-electron chi connectivity index (χ3n) is 3.18. The number of benzene rings is 1. The zero-order chi connectivity index (χ0) is 14.8. The van der Waals surface area contributed by atoms with Crippen molar-refractivity contribution in [2.45, 2.75) is 13.5 Å². The molecule has 0 unspecified atom stereocenters. The van der Waals surface area contributed by atoms with Crippen molar-refractivity contribution in [3.63, 3.8) is 0 Å². The highest BCUT2D eigenvalue weighted by Gasteiger charge is 2.15. The summed E-state index contributed by atoms with van der Waals surface area (Å²) in [5.41, 5.74) is 2.15. The Bertz CT molecular complexity index is 812. The van der Waals surface area contributed by atoms with Gasteiger partial charge in [0.2, 0.25) is 0 Å². The number of rotatable bonds is 4. The van der Waals surface area contributed by atoms with Gasteiger partial charge in [0.15, 0.2) is 0 Å². The zero-order valence-corrected chi connectivity index (χ0v) is 11.4. The first-order chi connectivity index (χ1) is 10.2. The van der Waals surface area contributed by atoms with Crippen molar-refractivity contribution >= 4 is 28.0 Å². The number of non-ortho nitro benzene ring substituents is 1. The molecule has 106 valence electrons. The van der Waals surface area contributed by atoms with E-state index < -0.39 is 4.92 Å². The second-order valence-corrected chi connectivity index (χ2v) is 4.50. The molecule has 0 atom stereocenters. The maximum Gasteiger partial charge on any atom is 0.278 e. The maximum atomic E-state index is 11.1. The Hall–Kier alpha value is -2.96. The summed E-state index contributed by atoms with van der Waals surface area (Å²) in [5.74, 6) is 0. The summed E-state index contributed by atoms with van der Waals surface area (Å²) < 4.78 is 1.79. The second-order valence-electron chi connectivity index (χ2n) is 4.50. The fourth-order valence-electron chi connectivity index (χ4n) is 2.17. The van der Waals surface area contributed by atoms with Gasteiger partial charge in [-0.2, -0.15) is 5.10 Å². The van der Waals surface area contributed by atoms with Gasteiger partial charge in [0.05, 0.1) is 27.9 Å². The molecule has 0 fully saturated rings. The van der Waals surface area contributed by atoms with Crippen LogP contribution in [0.2, 0.25) is 0 Å². The molecular formula is C14H13N5O2. The first-order valence-corrected chi connectivity index (χ1v) is 6.50. The quantitative estimate of drug-likeness (QED) is 0.587. The molecule has 1 aromatic carbocycles. The maximum absolute atomic E-state index is 11.1. The Kier molecular flexibility index (Phi) is 3.23. The van der Waals surface area contributed by atoms with E-state index in [1.807, 2.05) is 13.1 Å². The Morgan fingerprint density at radius 1 is 1.38 bits per heavy atom. The van der Waals surface area contributed by atoms with Crippen molar-refractivity contribution in [3.05, 3.63) is 53.0 Å². The number of nitro groups is 1. The summed E-state index contributed by atoms with van der Waals surface area (Å²) in [7, 11) is 0. The highest BCUT2D eigenvalue weighted by atomic mass is 16.6. The van der Waals surface area contributed by atoms with Crippen molar-refractivity contribution in [1.29, 1.82) is 0 Å². The lowest BCUT2D eigenvalue weighted by Gasteiger charge is -2.07. The van der Waals surface area contributed by atoms with Gasteiger partial charge in [-0.1, -0.05) is 0 Å². The minimum Gasteiger partial charge on any atom is -0.351 e. The van der Waals surface area contributed by atoms with E-state index >= 15 is 0 Å². The third kappa shape index (κ3) is 2.40. The summed E-state index contributed by atoms with van der Waals surface area (Å²) in [6.45, 7) is 2.78. The predicted molar refractivity (Wildman–Crippen MR) is 79.6 cm³/mol. The fraction of sp³-hybridized carbons (Fsp3) is 0.143. The van der Waals surface area contributed by atoms with Crippen LogP contribution in [0.4, 0.5) is 17.1 Å². The number of aromatic nitrogens is 3. The monoisotopic (exact) mass is 283 g/mol. The number of fused-ring (bicyclic) bond motifs is 1. The van der Waals surface area contributed by atoms with Crippen LogP contribution in [0.3, 0.4) is 0 Å². The van der Waals surface area contributed by atoms with Gasteiger partial charge in [-0.25, -0.2) is 0 Å². The van der Waals surface area contributed by atoms with E-state index in [1.54, 1.807) is 35.3 Å². The van der Waals surface area contributed by atoms with Crippen LogP contribution in [0.25, 0.3) is 10.9 Å². The van der Waals surface area contributed by atoms with Crippen molar-refractivity contribution < 1.29 is 4.92 Å². The number of aryl methyl sites for hydroxylation is 1. The summed E-state index contributed by atoms with van der Waals surface area (Å²) in [6, 6.07) is 6.53. The summed E-state index contributed by atoms with van der Waals surface area (Å²) in [6.07, 6.45) is 5.20. The van der Waals surface area contributed by atoms with Gasteiger partial charge in [0.1, 0.15) is 5.52 Å². The van der Waals surface area contributed by atoms with Crippen LogP contribution >= 0.6 is 0 Å². The molecule has 0 radical (unpaired) electrons. The average molecular weight is 283 g/mol. The van der Waals surface area contributed by atoms with Crippen molar-refractivity contribution in [1.82, 2.24) is 14.8 Å². The Morgan fingerprint density at radius 2 is 2.24 bits per heavy atom. The molecule has 2 heterocycles. The van der Waals surface area contributed by atoms with E-state index in [9.17, 15) is 10.1 Å². The normalized spacial score (nSPS) is 10.7. The van der Waals surface area contributed by atoms with Gasteiger partial charge >= 0.3 is 0 Å². The number of anilines is 2. The first-order valence-electron chi connectivity index (χ1n) is 6.50. The molecule has 0 saturated heterocycles. The molecular weight excluding hydrogens is 270 g/mol. The average Bonchev–Trinajstić information content (AvgIpc) is 2.95. The standard InChI is InChI=1S/C14H13N5O2/c1-2-18-9-10(8-16-18)17-12-5-6-13(19(20)21)11-4-3-7-15-14(11)12/h3-9,17H,2H2,1H3. The molecule has 0 saturated carbocycles. The molecule has 3 aromatic rings. The first kappa shape index (κ1) is 13.0. The molecule has 0 aliphatic heterocycles. The Labute approximate surface area is 120 Å². The SMILES string of the molecule is CCn1cc(Nc2ccc([N+](=O)[O-])c3cccnc23)cn1. The molecule has 7 heteroatoms. The van der Waals surface area contributed by atoms with Crippen molar-refractivity contribution in [2.24, 2.45) is 0 Å². The number of hydrogen-bond acceptors (Lipinski definition) is 5. The minimum atomic E-state index is -0.400. The van der Waals surface area contributed by atoms with Crippen LogP contribution in [-0.4, -0.2) is 19.7 Å².